The van der Waals surface area contributed by atoms with Gasteiger partial charge in [-0.15, -0.1) is 0 Å². The predicted molar refractivity (Wildman–Crippen MR) is 91.7 cm³/mol. The fourth-order valence-corrected chi connectivity index (χ4v) is 3.26. The number of piperidine rings is 1. The van der Waals surface area contributed by atoms with E-state index in [9.17, 15) is 9.90 Å². The van der Waals surface area contributed by atoms with Crippen LogP contribution in [0.5, 0.6) is 0 Å². The van der Waals surface area contributed by atoms with E-state index in [1.54, 1.807) is 11.1 Å². The van der Waals surface area contributed by atoms with Crippen LogP contribution < -0.4 is 5.32 Å². The number of aliphatic hydroxyl groups excluding tert-OH is 1. The number of anilines is 1. The van der Waals surface area contributed by atoms with E-state index in [-0.39, 0.29) is 18.7 Å². The summed E-state index contributed by atoms with van der Waals surface area (Å²) < 4.78 is 5.36. The Hall–Kier alpha value is -2.34. The number of hydrogen-bond acceptors (Lipinski definition) is 4. The van der Waals surface area contributed by atoms with Crippen molar-refractivity contribution in [2.24, 2.45) is 5.92 Å². The predicted octanol–water partition coefficient (Wildman–Crippen LogP) is 3.27. The quantitative estimate of drug-likeness (QED) is 0.906. The summed E-state index contributed by atoms with van der Waals surface area (Å²) in [6.45, 7) is 4.70. The van der Waals surface area contributed by atoms with Crippen LogP contribution in [0.15, 0.2) is 35.1 Å². The zero-order chi connectivity index (χ0) is 17.1. The van der Waals surface area contributed by atoms with E-state index >= 15 is 0 Å². The van der Waals surface area contributed by atoms with Gasteiger partial charge in [-0.05, 0) is 43.4 Å². The lowest BCUT2D eigenvalue weighted by atomic mass is 9.91. The molecule has 1 aliphatic heterocycles. The van der Waals surface area contributed by atoms with Crippen molar-refractivity contribution in [2.75, 3.05) is 18.5 Å². The average molecular weight is 329 g/mol. The Balaban J connectivity index is 1.78. The first kappa shape index (κ1) is 16.5. The van der Waals surface area contributed by atoms with Crippen molar-refractivity contribution < 1.29 is 14.3 Å². The van der Waals surface area contributed by atoms with Crippen LogP contribution in [0.4, 0.5) is 10.5 Å². The molecule has 3 rings (SSSR count). The Bertz CT molecular complexity index is 700. The Morgan fingerprint density at radius 2 is 2.33 bits per heavy atom. The van der Waals surface area contributed by atoms with Crippen molar-refractivity contribution in [3.63, 3.8) is 0 Å². The molecule has 2 heterocycles. The summed E-state index contributed by atoms with van der Waals surface area (Å²) >= 11 is 0. The number of aromatic nitrogens is 1. The van der Waals surface area contributed by atoms with Crippen LogP contribution in [0.2, 0.25) is 0 Å². The number of urea groups is 1. The second-order valence-corrected chi connectivity index (χ2v) is 6.36. The van der Waals surface area contributed by atoms with Gasteiger partial charge in [-0.1, -0.05) is 13.0 Å². The molecule has 6 heteroatoms. The van der Waals surface area contributed by atoms with Crippen molar-refractivity contribution in [2.45, 2.75) is 32.7 Å². The minimum atomic E-state index is -0.178. The van der Waals surface area contributed by atoms with Crippen LogP contribution in [-0.4, -0.2) is 40.2 Å². The number of nitrogens with one attached hydrogen (secondary N) is 1. The maximum Gasteiger partial charge on any atom is 0.322 e. The standard InChI is InChI=1S/C18H23N3O3/c1-12-5-6-14(10-15(12)17-19-7-9-24-17)20-18(23)21-8-3-4-13(2)16(21)11-22/h5-7,9-10,13,16,22H,3-4,8,11H2,1-2H3,(H,20,23). The third-order valence-corrected chi connectivity index (χ3v) is 4.72. The molecule has 1 saturated heterocycles. The van der Waals surface area contributed by atoms with Crippen LogP contribution >= 0.6 is 0 Å². The molecular weight excluding hydrogens is 306 g/mol. The third kappa shape index (κ3) is 3.28. The van der Waals surface area contributed by atoms with Gasteiger partial charge in [0, 0.05) is 17.8 Å². The fraction of sp³-hybridized carbons (Fsp3) is 0.444. The number of rotatable bonds is 3. The molecule has 0 radical (unpaired) electrons. The Labute approximate surface area is 141 Å². The summed E-state index contributed by atoms with van der Waals surface area (Å²) in [5.74, 6) is 0.832. The fourth-order valence-electron chi connectivity index (χ4n) is 3.26. The molecule has 2 aromatic rings. The summed E-state index contributed by atoms with van der Waals surface area (Å²) in [5, 5.41) is 12.5. The van der Waals surface area contributed by atoms with Crippen molar-refractivity contribution in [1.29, 1.82) is 0 Å². The molecule has 24 heavy (non-hydrogen) atoms. The summed E-state index contributed by atoms with van der Waals surface area (Å²) in [4.78, 5) is 18.5. The summed E-state index contributed by atoms with van der Waals surface area (Å²) in [7, 11) is 0. The summed E-state index contributed by atoms with van der Waals surface area (Å²) in [6.07, 6.45) is 5.12. The number of carbonyl (C=O) groups is 1. The highest BCUT2D eigenvalue weighted by Crippen LogP contribution is 2.27. The highest BCUT2D eigenvalue weighted by atomic mass is 16.3. The zero-order valence-corrected chi connectivity index (χ0v) is 14.0. The number of carbonyl (C=O) groups excluding carboxylic acids is 1. The molecule has 1 aromatic heterocycles. The lowest BCUT2D eigenvalue weighted by molar-refractivity contribution is 0.0811. The van der Waals surface area contributed by atoms with Crippen LogP contribution in [0.3, 0.4) is 0 Å². The molecule has 6 nitrogen and oxygen atoms in total. The molecule has 0 bridgehead atoms. The van der Waals surface area contributed by atoms with Gasteiger partial charge in [-0.3, -0.25) is 0 Å². The molecule has 1 fully saturated rings. The van der Waals surface area contributed by atoms with Crippen molar-refractivity contribution in [3.8, 4) is 11.5 Å². The van der Waals surface area contributed by atoms with Gasteiger partial charge in [-0.25, -0.2) is 9.78 Å². The molecule has 1 aliphatic rings. The Morgan fingerprint density at radius 3 is 3.04 bits per heavy atom. The third-order valence-electron chi connectivity index (χ3n) is 4.72. The van der Waals surface area contributed by atoms with Gasteiger partial charge in [0.05, 0.1) is 18.8 Å². The number of aryl methyl sites for hydroxylation is 1. The molecular formula is C18H23N3O3. The highest BCUT2D eigenvalue weighted by Gasteiger charge is 2.31. The van der Waals surface area contributed by atoms with Gasteiger partial charge in [0.25, 0.3) is 0 Å². The van der Waals surface area contributed by atoms with E-state index in [2.05, 4.69) is 17.2 Å². The SMILES string of the molecule is Cc1ccc(NC(=O)N2CCCC(C)C2CO)cc1-c1ncco1. The first-order valence-corrected chi connectivity index (χ1v) is 8.29. The highest BCUT2D eigenvalue weighted by molar-refractivity contribution is 5.90. The monoisotopic (exact) mass is 329 g/mol. The summed E-state index contributed by atoms with van der Waals surface area (Å²) in [6, 6.07) is 5.34. The minimum absolute atomic E-state index is 0.00987. The zero-order valence-electron chi connectivity index (χ0n) is 14.0. The van der Waals surface area contributed by atoms with E-state index in [0.717, 1.165) is 24.0 Å². The number of aliphatic hydroxyl groups is 1. The lowest BCUT2D eigenvalue weighted by Crippen LogP contribution is -2.51. The topological polar surface area (TPSA) is 78.6 Å². The van der Waals surface area contributed by atoms with Gasteiger partial charge in [-0.2, -0.15) is 0 Å². The van der Waals surface area contributed by atoms with Gasteiger partial charge in [0.2, 0.25) is 5.89 Å². The average Bonchev–Trinajstić information content (AvgIpc) is 3.10. The Morgan fingerprint density at radius 1 is 1.50 bits per heavy atom. The smallest absolute Gasteiger partial charge is 0.322 e. The second kappa shape index (κ2) is 7.05. The molecule has 0 aliphatic carbocycles. The largest absolute Gasteiger partial charge is 0.445 e. The minimum Gasteiger partial charge on any atom is -0.445 e. The normalized spacial score (nSPS) is 20.9. The molecule has 2 unspecified atom stereocenters. The van der Waals surface area contributed by atoms with Crippen LogP contribution in [0.25, 0.3) is 11.5 Å². The number of benzene rings is 1. The van der Waals surface area contributed by atoms with Crippen molar-refractivity contribution >= 4 is 11.7 Å². The molecule has 2 amide bonds. The maximum atomic E-state index is 12.6. The van der Waals surface area contributed by atoms with E-state index < -0.39 is 0 Å². The van der Waals surface area contributed by atoms with E-state index in [1.165, 1.54) is 6.26 Å². The van der Waals surface area contributed by atoms with Crippen LogP contribution in [-0.2, 0) is 0 Å². The maximum absolute atomic E-state index is 12.6. The molecule has 2 N–H and O–H groups in total. The molecule has 2 atom stereocenters. The van der Waals surface area contributed by atoms with Gasteiger partial charge < -0.3 is 19.7 Å². The lowest BCUT2D eigenvalue weighted by Gasteiger charge is -2.38. The van der Waals surface area contributed by atoms with Gasteiger partial charge >= 0.3 is 6.03 Å². The van der Waals surface area contributed by atoms with Gasteiger partial charge in [0.15, 0.2) is 0 Å². The molecule has 128 valence electrons. The van der Waals surface area contributed by atoms with E-state index in [4.69, 9.17) is 4.42 Å². The summed E-state index contributed by atoms with van der Waals surface area (Å²) in [5.41, 5.74) is 2.56. The number of nitrogens with zero attached hydrogens (tertiary/aromatic N) is 2. The van der Waals surface area contributed by atoms with Crippen molar-refractivity contribution in [3.05, 3.63) is 36.2 Å². The first-order chi connectivity index (χ1) is 11.6. The number of likely N-dealkylation sites (tertiary alicyclic amines) is 1. The van der Waals surface area contributed by atoms with Crippen LogP contribution in [0, 0.1) is 12.8 Å². The van der Waals surface area contributed by atoms with E-state index in [0.29, 0.717) is 24.0 Å². The van der Waals surface area contributed by atoms with Crippen LogP contribution in [0.1, 0.15) is 25.3 Å². The number of oxazole rings is 1. The molecule has 0 spiro atoms. The van der Waals surface area contributed by atoms with Crippen molar-refractivity contribution in [1.82, 2.24) is 9.88 Å². The van der Waals surface area contributed by atoms with E-state index in [1.807, 2.05) is 25.1 Å². The first-order valence-electron chi connectivity index (χ1n) is 8.29. The number of hydrogen-bond donors (Lipinski definition) is 2. The second-order valence-electron chi connectivity index (χ2n) is 6.36. The Kier molecular flexibility index (Phi) is 4.85. The van der Waals surface area contributed by atoms with Gasteiger partial charge in [0.1, 0.15) is 6.26 Å². The number of amides is 2. The molecule has 0 saturated carbocycles. The molecule has 1 aromatic carbocycles.